The molecule has 1 aliphatic heterocycles. The van der Waals surface area contributed by atoms with Gasteiger partial charge < -0.3 is 14.6 Å². The summed E-state index contributed by atoms with van der Waals surface area (Å²) in [4.78, 5) is 0. The van der Waals surface area contributed by atoms with Gasteiger partial charge in [-0.3, -0.25) is 0 Å². The van der Waals surface area contributed by atoms with Crippen LogP contribution in [0, 0.1) is 0 Å². The van der Waals surface area contributed by atoms with Gasteiger partial charge in [0.2, 0.25) is 0 Å². The average molecular weight is 146 g/mol. The summed E-state index contributed by atoms with van der Waals surface area (Å²) in [6.45, 7) is 2.61. The Morgan fingerprint density at radius 2 is 2.30 bits per heavy atom. The van der Waals surface area contributed by atoms with Crippen molar-refractivity contribution in [3.63, 3.8) is 0 Å². The minimum Gasteiger partial charge on any atom is -0.396 e. The van der Waals surface area contributed by atoms with Crippen molar-refractivity contribution in [2.45, 2.75) is 18.9 Å². The van der Waals surface area contributed by atoms with Crippen LogP contribution in [0.15, 0.2) is 0 Å². The van der Waals surface area contributed by atoms with Gasteiger partial charge in [-0.15, -0.1) is 0 Å². The predicted molar refractivity (Wildman–Crippen MR) is 36.9 cm³/mol. The van der Waals surface area contributed by atoms with Gasteiger partial charge in [0.15, 0.2) is 0 Å². The highest BCUT2D eigenvalue weighted by Gasteiger charge is 2.21. The maximum atomic E-state index is 8.41. The van der Waals surface area contributed by atoms with Crippen LogP contribution >= 0.6 is 0 Å². The van der Waals surface area contributed by atoms with Crippen LogP contribution in [0.2, 0.25) is 0 Å². The number of aliphatic hydroxyl groups excluding tert-OH is 1. The molecule has 1 rings (SSSR count). The summed E-state index contributed by atoms with van der Waals surface area (Å²) in [6, 6.07) is 0. The van der Waals surface area contributed by atoms with E-state index in [9.17, 15) is 0 Å². The molecule has 10 heavy (non-hydrogen) atoms. The summed E-state index contributed by atoms with van der Waals surface area (Å²) in [5, 5.41) is 8.41. The lowest BCUT2D eigenvalue weighted by molar-refractivity contribution is 0.109. The number of ether oxygens (including phenoxy) is 2. The number of unbranched alkanes of at least 4 members (excludes halogenated alkanes) is 1. The van der Waals surface area contributed by atoms with Crippen molar-refractivity contribution in [3.05, 3.63) is 0 Å². The van der Waals surface area contributed by atoms with E-state index < -0.39 is 0 Å². The summed E-state index contributed by atoms with van der Waals surface area (Å²) in [6.07, 6.45) is 2.16. The third kappa shape index (κ3) is 3.82. The zero-order chi connectivity index (χ0) is 7.23. The van der Waals surface area contributed by atoms with E-state index in [4.69, 9.17) is 14.6 Å². The second kappa shape index (κ2) is 4.66. The van der Waals surface area contributed by atoms with Gasteiger partial charge in [-0.05, 0) is 12.8 Å². The summed E-state index contributed by atoms with van der Waals surface area (Å²) in [7, 11) is 0. The van der Waals surface area contributed by atoms with E-state index in [1.807, 2.05) is 0 Å². The fourth-order valence-corrected chi connectivity index (χ4v) is 0.695. The fourth-order valence-electron chi connectivity index (χ4n) is 0.695. The second-order valence-corrected chi connectivity index (χ2v) is 2.46. The Hall–Kier alpha value is -0.120. The molecule has 0 saturated carbocycles. The number of rotatable bonds is 6. The molecule has 0 amide bonds. The topological polar surface area (TPSA) is 42.0 Å². The molecule has 1 N–H and O–H groups in total. The zero-order valence-corrected chi connectivity index (χ0v) is 6.08. The molecule has 3 nitrogen and oxygen atoms in total. The lowest BCUT2D eigenvalue weighted by Crippen LogP contribution is -2.02. The highest BCUT2D eigenvalue weighted by atomic mass is 16.6. The van der Waals surface area contributed by atoms with Crippen LogP contribution in [-0.2, 0) is 9.47 Å². The molecule has 0 bridgehead atoms. The molecule has 0 aliphatic carbocycles. The molecule has 1 aliphatic rings. The van der Waals surface area contributed by atoms with Gasteiger partial charge in [0.25, 0.3) is 0 Å². The first-order chi connectivity index (χ1) is 4.93. The van der Waals surface area contributed by atoms with Gasteiger partial charge in [0.1, 0.15) is 6.10 Å². The van der Waals surface area contributed by atoms with Crippen molar-refractivity contribution in [3.8, 4) is 0 Å². The monoisotopic (exact) mass is 146 g/mol. The Bertz CT molecular complexity index is 80.9. The maximum Gasteiger partial charge on any atom is 0.104 e. The van der Waals surface area contributed by atoms with Crippen LogP contribution in [0.5, 0.6) is 0 Å². The molecule has 0 spiro atoms. The van der Waals surface area contributed by atoms with E-state index in [1.54, 1.807) is 0 Å². The number of hydrogen-bond acceptors (Lipinski definition) is 3. The molecule has 0 aromatic heterocycles. The Morgan fingerprint density at radius 1 is 1.50 bits per heavy atom. The summed E-state index contributed by atoms with van der Waals surface area (Å²) in [5.74, 6) is 0. The Balaban J connectivity index is 1.68. The molecule has 1 fully saturated rings. The third-order valence-electron chi connectivity index (χ3n) is 1.40. The Morgan fingerprint density at radius 3 is 2.90 bits per heavy atom. The quantitative estimate of drug-likeness (QED) is 0.429. The Kier molecular flexibility index (Phi) is 3.72. The molecular weight excluding hydrogens is 132 g/mol. The van der Waals surface area contributed by atoms with Crippen molar-refractivity contribution in [1.82, 2.24) is 0 Å². The van der Waals surface area contributed by atoms with Crippen LogP contribution < -0.4 is 0 Å². The number of hydrogen-bond donors (Lipinski definition) is 1. The van der Waals surface area contributed by atoms with Crippen molar-refractivity contribution in [2.75, 3.05) is 26.4 Å². The molecule has 1 saturated heterocycles. The van der Waals surface area contributed by atoms with E-state index in [0.717, 1.165) is 32.7 Å². The van der Waals surface area contributed by atoms with Gasteiger partial charge in [0.05, 0.1) is 13.2 Å². The number of aliphatic hydroxyl groups is 1. The standard InChI is InChI=1S/C7H14O3/c8-3-1-2-4-9-5-7-6-10-7/h7-8H,1-6H2/t7-/m0/s1. The van der Waals surface area contributed by atoms with E-state index in [2.05, 4.69) is 0 Å². The molecule has 3 heteroatoms. The molecule has 1 heterocycles. The van der Waals surface area contributed by atoms with Crippen molar-refractivity contribution in [1.29, 1.82) is 0 Å². The summed E-state index contributed by atoms with van der Waals surface area (Å²) in [5.41, 5.74) is 0. The predicted octanol–water partition coefficient (Wildman–Crippen LogP) is 0.174. The zero-order valence-electron chi connectivity index (χ0n) is 6.08. The van der Waals surface area contributed by atoms with Gasteiger partial charge in [-0.2, -0.15) is 0 Å². The van der Waals surface area contributed by atoms with Crippen molar-refractivity contribution >= 4 is 0 Å². The third-order valence-corrected chi connectivity index (χ3v) is 1.40. The van der Waals surface area contributed by atoms with E-state index in [1.165, 1.54) is 0 Å². The van der Waals surface area contributed by atoms with Crippen LogP contribution in [-0.4, -0.2) is 37.6 Å². The van der Waals surface area contributed by atoms with E-state index in [0.29, 0.717) is 6.10 Å². The van der Waals surface area contributed by atoms with Crippen LogP contribution in [0.25, 0.3) is 0 Å². The molecule has 1 atom stereocenters. The van der Waals surface area contributed by atoms with Crippen LogP contribution in [0.4, 0.5) is 0 Å². The van der Waals surface area contributed by atoms with E-state index in [-0.39, 0.29) is 6.61 Å². The first kappa shape index (κ1) is 7.98. The molecule has 0 unspecified atom stereocenters. The van der Waals surface area contributed by atoms with Gasteiger partial charge in [0, 0.05) is 13.2 Å². The summed E-state index contributed by atoms with van der Waals surface area (Å²) >= 11 is 0. The Labute approximate surface area is 60.9 Å². The first-order valence-electron chi connectivity index (χ1n) is 3.73. The normalized spacial score (nSPS) is 23.1. The highest BCUT2D eigenvalue weighted by molar-refractivity contribution is 4.66. The largest absolute Gasteiger partial charge is 0.396 e. The first-order valence-corrected chi connectivity index (χ1v) is 3.73. The van der Waals surface area contributed by atoms with Gasteiger partial charge in [-0.1, -0.05) is 0 Å². The molecule has 0 aromatic carbocycles. The maximum absolute atomic E-state index is 8.41. The van der Waals surface area contributed by atoms with Gasteiger partial charge >= 0.3 is 0 Å². The fraction of sp³-hybridized carbons (Fsp3) is 1.00. The molecular formula is C7H14O3. The van der Waals surface area contributed by atoms with E-state index >= 15 is 0 Å². The smallest absolute Gasteiger partial charge is 0.104 e. The van der Waals surface area contributed by atoms with Crippen molar-refractivity contribution in [2.24, 2.45) is 0 Å². The molecule has 60 valence electrons. The lowest BCUT2D eigenvalue weighted by atomic mass is 10.3. The minimum absolute atomic E-state index is 0.267. The lowest BCUT2D eigenvalue weighted by Gasteiger charge is -1.99. The molecule has 0 aromatic rings. The van der Waals surface area contributed by atoms with Gasteiger partial charge in [-0.25, -0.2) is 0 Å². The highest BCUT2D eigenvalue weighted by Crippen LogP contribution is 2.08. The second-order valence-electron chi connectivity index (χ2n) is 2.46. The molecule has 0 radical (unpaired) electrons. The summed E-state index contributed by atoms with van der Waals surface area (Å²) < 4.78 is 10.2. The minimum atomic E-state index is 0.267. The number of epoxide rings is 1. The van der Waals surface area contributed by atoms with Crippen molar-refractivity contribution < 1.29 is 14.6 Å². The van der Waals surface area contributed by atoms with Crippen LogP contribution in [0.3, 0.4) is 0 Å². The SMILES string of the molecule is OCCCCOC[C@H]1CO1. The van der Waals surface area contributed by atoms with Crippen LogP contribution in [0.1, 0.15) is 12.8 Å². The average Bonchev–Trinajstić information content (AvgIpc) is 2.71.